The number of rotatable bonds is 3. The minimum Gasteiger partial charge on any atom is -0.490 e. The Balaban J connectivity index is 1.49. The average Bonchev–Trinajstić information content (AvgIpc) is 2.94. The molecule has 0 atom stereocenters. The summed E-state index contributed by atoms with van der Waals surface area (Å²) in [4.78, 5) is 16.9. The molecule has 0 saturated heterocycles. The van der Waals surface area contributed by atoms with Crippen molar-refractivity contribution in [3.63, 3.8) is 0 Å². The molecule has 1 N–H and O–H groups in total. The van der Waals surface area contributed by atoms with E-state index in [-0.39, 0.29) is 5.91 Å². The van der Waals surface area contributed by atoms with Crippen LogP contribution >= 0.6 is 0 Å². The van der Waals surface area contributed by atoms with E-state index in [1.54, 1.807) is 24.4 Å². The summed E-state index contributed by atoms with van der Waals surface area (Å²) in [6.07, 6.45) is 2.43. The van der Waals surface area contributed by atoms with Gasteiger partial charge >= 0.3 is 0 Å². The highest BCUT2D eigenvalue weighted by atomic mass is 16.5. The molecule has 0 fully saturated rings. The van der Waals surface area contributed by atoms with E-state index in [9.17, 15) is 4.79 Å². The van der Waals surface area contributed by atoms with Gasteiger partial charge in [0.2, 0.25) is 0 Å². The molecular formula is C21H18N2O3. The summed E-state index contributed by atoms with van der Waals surface area (Å²) in [6, 6.07) is 18.9. The number of anilines is 1. The van der Waals surface area contributed by atoms with Crippen molar-refractivity contribution in [3.05, 3.63) is 72.4 Å². The Morgan fingerprint density at radius 2 is 1.73 bits per heavy atom. The molecule has 5 heteroatoms. The molecule has 1 aliphatic rings. The van der Waals surface area contributed by atoms with E-state index < -0.39 is 0 Å². The number of carbonyl (C=O) groups excluding carboxylic acids is 1. The van der Waals surface area contributed by atoms with Gasteiger partial charge in [0.15, 0.2) is 11.5 Å². The van der Waals surface area contributed by atoms with Crippen LogP contribution in [0.2, 0.25) is 0 Å². The Morgan fingerprint density at radius 3 is 2.50 bits per heavy atom. The summed E-state index contributed by atoms with van der Waals surface area (Å²) in [5.41, 5.74) is 3.00. The summed E-state index contributed by atoms with van der Waals surface area (Å²) in [6.45, 7) is 1.24. The molecule has 0 saturated carbocycles. The number of benzene rings is 2. The topological polar surface area (TPSA) is 60.5 Å². The lowest BCUT2D eigenvalue weighted by molar-refractivity contribution is 0.102. The van der Waals surface area contributed by atoms with Gasteiger partial charge in [-0.25, -0.2) is 0 Å². The first-order chi connectivity index (χ1) is 12.8. The summed E-state index contributed by atoms with van der Waals surface area (Å²) < 4.78 is 11.3. The minimum absolute atomic E-state index is 0.216. The molecule has 0 bridgehead atoms. The second kappa shape index (κ2) is 7.27. The van der Waals surface area contributed by atoms with Crippen molar-refractivity contribution < 1.29 is 14.3 Å². The van der Waals surface area contributed by atoms with Crippen LogP contribution in [0.3, 0.4) is 0 Å². The Labute approximate surface area is 151 Å². The first-order valence-corrected chi connectivity index (χ1v) is 8.52. The van der Waals surface area contributed by atoms with Gasteiger partial charge in [-0.1, -0.05) is 30.3 Å². The number of hydrogen-bond acceptors (Lipinski definition) is 4. The molecule has 3 aromatic rings. The molecule has 26 heavy (non-hydrogen) atoms. The quantitative estimate of drug-likeness (QED) is 0.773. The molecule has 4 rings (SSSR count). The number of hydrogen-bond donors (Lipinski definition) is 1. The molecule has 0 aliphatic carbocycles. The van der Waals surface area contributed by atoms with Crippen molar-refractivity contribution in [3.8, 4) is 22.8 Å². The molecule has 0 unspecified atom stereocenters. The lowest BCUT2D eigenvalue weighted by Crippen LogP contribution is -2.12. The van der Waals surface area contributed by atoms with Gasteiger partial charge in [0.05, 0.1) is 24.5 Å². The molecular weight excluding hydrogens is 328 g/mol. The Morgan fingerprint density at radius 1 is 0.923 bits per heavy atom. The summed E-state index contributed by atoms with van der Waals surface area (Å²) >= 11 is 0. The fourth-order valence-corrected chi connectivity index (χ4v) is 2.75. The Bertz CT molecular complexity index is 908. The number of pyridine rings is 1. The highest BCUT2D eigenvalue weighted by Crippen LogP contribution is 2.32. The van der Waals surface area contributed by atoms with Gasteiger partial charge in [-0.2, -0.15) is 0 Å². The third-order valence-corrected chi connectivity index (χ3v) is 4.10. The van der Waals surface area contributed by atoms with Crippen LogP contribution in [0.1, 0.15) is 16.8 Å². The van der Waals surface area contributed by atoms with E-state index in [4.69, 9.17) is 9.47 Å². The summed E-state index contributed by atoms with van der Waals surface area (Å²) in [7, 11) is 0. The zero-order valence-corrected chi connectivity index (χ0v) is 14.1. The maximum atomic E-state index is 12.5. The SMILES string of the molecule is O=C(Nc1ccc2c(c1)OCCCO2)c1ccc(-c2ccccc2)nc1. The van der Waals surface area contributed by atoms with E-state index in [1.807, 2.05) is 42.5 Å². The number of fused-ring (bicyclic) bond motifs is 1. The third kappa shape index (κ3) is 3.52. The number of nitrogens with one attached hydrogen (secondary N) is 1. The monoisotopic (exact) mass is 346 g/mol. The van der Waals surface area contributed by atoms with Crippen LogP contribution in [-0.4, -0.2) is 24.1 Å². The van der Waals surface area contributed by atoms with Crippen LogP contribution in [0.5, 0.6) is 11.5 Å². The molecule has 1 aromatic heterocycles. The van der Waals surface area contributed by atoms with Crippen LogP contribution in [0.25, 0.3) is 11.3 Å². The van der Waals surface area contributed by atoms with E-state index in [1.165, 1.54) is 0 Å². The third-order valence-electron chi connectivity index (χ3n) is 4.10. The van der Waals surface area contributed by atoms with Gasteiger partial charge in [0, 0.05) is 29.9 Å². The number of aromatic nitrogens is 1. The molecule has 0 radical (unpaired) electrons. The zero-order valence-electron chi connectivity index (χ0n) is 14.1. The van der Waals surface area contributed by atoms with Crippen LogP contribution in [-0.2, 0) is 0 Å². The van der Waals surface area contributed by atoms with E-state index >= 15 is 0 Å². The van der Waals surface area contributed by atoms with Gasteiger partial charge in [0.25, 0.3) is 5.91 Å². The van der Waals surface area contributed by atoms with Gasteiger partial charge in [-0.15, -0.1) is 0 Å². The maximum Gasteiger partial charge on any atom is 0.257 e. The molecule has 2 heterocycles. The van der Waals surface area contributed by atoms with Crippen molar-refractivity contribution in [2.75, 3.05) is 18.5 Å². The van der Waals surface area contributed by atoms with E-state index in [0.29, 0.717) is 36.0 Å². The predicted octanol–water partition coefficient (Wildman–Crippen LogP) is 4.16. The molecule has 1 aliphatic heterocycles. The fraction of sp³-hybridized carbons (Fsp3) is 0.143. The molecule has 130 valence electrons. The number of ether oxygens (including phenoxy) is 2. The van der Waals surface area contributed by atoms with Crippen molar-refractivity contribution in [1.82, 2.24) is 4.98 Å². The Kier molecular flexibility index (Phi) is 4.51. The normalized spacial score (nSPS) is 12.9. The van der Waals surface area contributed by atoms with Crippen molar-refractivity contribution in [2.45, 2.75) is 6.42 Å². The van der Waals surface area contributed by atoms with Crippen molar-refractivity contribution in [2.24, 2.45) is 0 Å². The fourth-order valence-electron chi connectivity index (χ4n) is 2.75. The van der Waals surface area contributed by atoms with Crippen LogP contribution < -0.4 is 14.8 Å². The molecule has 2 aromatic carbocycles. The van der Waals surface area contributed by atoms with E-state index in [0.717, 1.165) is 17.7 Å². The number of carbonyl (C=O) groups is 1. The van der Waals surface area contributed by atoms with E-state index in [2.05, 4.69) is 10.3 Å². The highest BCUT2D eigenvalue weighted by Gasteiger charge is 2.13. The average molecular weight is 346 g/mol. The summed E-state index contributed by atoms with van der Waals surface area (Å²) in [5.74, 6) is 1.14. The van der Waals surface area contributed by atoms with Crippen molar-refractivity contribution >= 4 is 11.6 Å². The van der Waals surface area contributed by atoms with Gasteiger partial charge in [-0.05, 0) is 24.3 Å². The first-order valence-electron chi connectivity index (χ1n) is 8.52. The highest BCUT2D eigenvalue weighted by molar-refractivity contribution is 6.04. The minimum atomic E-state index is -0.216. The second-order valence-corrected chi connectivity index (χ2v) is 5.96. The van der Waals surface area contributed by atoms with Gasteiger partial charge in [0.1, 0.15) is 0 Å². The summed E-state index contributed by atoms with van der Waals surface area (Å²) in [5, 5.41) is 2.87. The zero-order chi connectivity index (χ0) is 17.8. The lowest BCUT2D eigenvalue weighted by atomic mass is 10.1. The molecule has 0 spiro atoms. The predicted molar refractivity (Wildman–Crippen MR) is 99.7 cm³/mol. The largest absolute Gasteiger partial charge is 0.490 e. The van der Waals surface area contributed by atoms with Crippen molar-refractivity contribution in [1.29, 1.82) is 0 Å². The number of nitrogens with zero attached hydrogens (tertiary/aromatic N) is 1. The van der Waals surface area contributed by atoms with Crippen LogP contribution in [0, 0.1) is 0 Å². The number of amides is 1. The van der Waals surface area contributed by atoms with Crippen LogP contribution in [0.4, 0.5) is 5.69 Å². The molecule has 1 amide bonds. The smallest absolute Gasteiger partial charge is 0.257 e. The molecule has 5 nitrogen and oxygen atoms in total. The lowest BCUT2D eigenvalue weighted by Gasteiger charge is -2.10. The van der Waals surface area contributed by atoms with Crippen LogP contribution in [0.15, 0.2) is 66.9 Å². The standard InChI is InChI=1S/C21H18N2O3/c24-21(16-7-9-18(22-14-16)15-5-2-1-3-6-15)23-17-8-10-19-20(13-17)26-12-4-11-25-19/h1-3,5-10,13-14H,4,11-12H2,(H,23,24). The van der Waals surface area contributed by atoms with Gasteiger partial charge in [-0.3, -0.25) is 9.78 Å². The maximum absolute atomic E-state index is 12.5. The first kappa shape index (κ1) is 16.1. The second-order valence-electron chi connectivity index (χ2n) is 5.96. The van der Waals surface area contributed by atoms with Gasteiger partial charge < -0.3 is 14.8 Å². The Hall–Kier alpha value is -3.34.